The average Bonchev–Trinajstić information content (AvgIpc) is 2.20. The minimum Gasteiger partial charge on any atom is -0.310 e. The first-order valence-corrected chi connectivity index (χ1v) is 5.51. The van der Waals surface area contributed by atoms with Crippen LogP contribution in [0, 0.1) is 0 Å². The van der Waals surface area contributed by atoms with Crippen molar-refractivity contribution in [3.05, 3.63) is 30.1 Å². The Kier molecular flexibility index (Phi) is 5.57. The number of pyridine rings is 1. The molecule has 0 radical (unpaired) electrons. The van der Waals surface area contributed by atoms with E-state index in [0.29, 0.717) is 0 Å². The molecule has 1 heterocycles. The fourth-order valence-electron chi connectivity index (χ4n) is 1.27. The second-order valence-corrected chi connectivity index (χ2v) is 3.96. The van der Waals surface area contributed by atoms with E-state index in [1.54, 1.807) is 6.20 Å². The second kappa shape index (κ2) is 6.80. The van der Waals surface area contributed by atoms with Crippen LogP contribution in [0.5, 0.6) is 0 Å². The molecular formula is C11H17ClN2. The molecule has 1 aromatic heterocycles. The molecule has 0 aromatic carbocycles. The van der Waals surface area contributed by atoms with Gasteiger partial charge in [-0.3, -0.25) is 4.98 Å². The summed E-state index contributed by atoms with van der Waals surface area (Å²) in [6, 6.07) is 5.93. The number of nitrogens with zero attached hydrogens (tertiary/aromatic N) is 1. The molecule has 0 saturated carbocycles. The normalized spacial score (nSPS) is 12.7. The Morgan fingerprint density at radius 3 is 3.00 bits per heavy atom. The standard InChI is InChI=1S/C11H17ClN2/c1-2-5-10(12)8-13-9-11-6-3-4-7-14-11/h3-4,6-7,10,13H,2,5,8-9H2,1H3. The van der Waals surface area contributed by atoms with E-state index in [1.807, 2.05) is 18.2 Å². The van der Waals surface area contributed by atoms with Gasteiger partial charge in [-0.2, -0.15) is 0 Å². The van der Waals surface area contributed by atoms with Gasteiger partial charge in [-0.15, -0.1) is 11.6 Å². The van der Waals surface area contributed by atoms with Gasteiger partial charge in [-0.05, 0) is 18.6 Å². The van der Waals surface area contributed by atoms with Gasteiger partial charge < -0.3 is 5.32 Å². The minimum absolute atomic E-state index is 0.240. The second-order valence-electron chi connectivity index (χ2n) is 3.34. The van der Waals surface area contributed by atoms with Crippen molar-refractivity contribution in [3.8, 4) is 0 Å². The molecule has 0 fully saturated rings. The van der Waals surface area contributed by atoms with Gasteiger partial charge in [0.1, 0.15) is 0 Å². The van der Waals surface area contributed by atoms with Gasteiger partial charge in [0.05, 0.1) is 5.69 Å². The van der Waals surface area contributed by atoms with E-state index in [4.69, 9.17) is 11.6 Å². The number of aromatic nitrogens is 1. The summed E-state index contributed by atoms with van der Waals surface area (Å²) in [5.41, 5.74) is 1.06. The van der Waals surface area contributed by atoms with Crippen molar-refractivity contribution in [2.75, 3.05) is 6.54 Å². The first-order chi connectivity index (χ1) is 6.83. The number of halogens is 1. The summed E-state index contributed by atoms with van der Waals surface area (Å²) in [7, 11) is 0. The molecule has 0 amide bonds. The molecule has 1 N–H and O–H groups in total. The topological polar surface area (TPSA) is 24.9 Å². The van der Waals surface area contributed by atoms with E-state index in [-0.39, 0.29) is 5.38 Å². The highest BCUT2D eigenvalue weighted by molar-refractivity contribution is 6.20. The minimum atomic E-state index is 0.240. The van der Waals surface area contributed by atoms with Crippen molar-refractivity contribution in [1.82, 2.24) is 10.3 Å². The fraction of sp³-hybridized carbons (Fsp3) is 0.545. The smallest absolute Gasteiger partial charge is 0.0541 e. The number of hydrogen-bond acceptors (Lipinski definition) is 2. The predicted molar refractivity (Wildman–Crippen MR) is 60.5 cm³/mol. The summed E-state index contributed by atoms with van der Waals surface area (Å²) in [6.07, 6.45) is 4.01. The molecule has 0 saturated heterocycles. The Labute approximate surface area is 90.7 Å². The summed E-state index contributed by atoms with van der Waals surface area (Å²) in [5.74, 6) is 0. The van der Waals surface area contributed by atoms with Crippen molar-refractivity contribution < 1.29 is 0 Å². The number of hydrogen-bond donors (Lipinski definition) is 1. The Morgan fingerprint density at radius 2 is 2.36 bits per heavy atom. The van der Waals surface area contributed by atoms with E-state index >= 15 is 0 Å². The third-order valence-electron chi connectivity index (χ3n) is 2.00. The number of nitrogens with one attached hydrogen (secondary N) is 1. The zero-order chi connectivity index (χ0) is 10.2. The highest BCUT2D eigenvalue weighted by Crippen LogP contribution is 2.03. The van der Waals surface area contributed by atoms with Crippen molar-refractivity contribution in [3.63, 3.8) is 0 Å². The summed E-state index contributed by atoms with van der Waals surface area (Å²) in [5, 5.41) is 3.53. The lowest BCUT2D eigenvalue weighted by Crippen LogP contribution is -2.23. The maximum atomic E-state index is 6.06. The number of alkyl halides is 1. The molecule has 1 rings (SSSR count). The largest absolute Gasteiger partial charge is 0.310 e. The van der Waals surface area contributed by atoms with Crippen molar-refractivity contribution in [2.24, 2.45) is 0 Å². The summed E-state index contributed by atoms with van der Waals surface area (Å²) < 4.78 is 0. The Bertz CT molecular complexity index is 238. The Hall–Kier alpha value is -0.600. The third-order valence-corrected chi connectivity index (χ3v) is 2.37. The molecule has 1 unspecified atom stereocenters. The van der Waals surface area contributed by atoms with Gasteiger partial charge in [-0.25, -0.2) is 0 Å². The average molecular weight is 213 g/mol. The lowest BCUT2D eigenvalue weighted by molar-refractivity contribution is 0.617. The van der Waals surface area contributed by atoms with Gasteiger partial charge in [-0.1, -0.05) is 19.4 Å². The van der Waals surface area contributed by atoms with Crippen LogP contribution in [0.2, 0.25) is 0 Å². The van der Waals surface area contributed by atoms with Gasteiger partial charge in [0, 0.05) is 24.7 Å². The lowest BCUT2D eigenvalue weighted by atomic mass is 10.2. The van der Waals surface area contributed by atoms with Crippen LogP contribution in [0.25, 0.3) is 0 Å². The van der Waals surface area contributed by atoms with Crippen molar-refractivity contribution in [1.29, 1.82) is 0 Å². The Morgan fingerprint density at radius 1 is 1.50 bits per heavy atom. The molecule has 78 valence electrons. The van der Waals surface area contributed by atoms with Gasteiger partial charge in [0.25, 0.3) is 0 Å². The molecule has 2 nitrogen and oxygen atoms in total. The van der Waals surface area contributed by atoms with Crippen LogP contribution in [0.15, 0.2) is 24.4 Å². The monoisotopic (exact) mass is 212 g/mol. The van der Waals surface area contributed by atoms with Crippen LogP contribution in [0.3, 0.4) is 0 Å². The van der Waals surface area contributed by atoms with Crippen molar-refractivity contribution >= 4 is 11.6 Å². The molecule has 0 aliphatic rings. The van der Waals surface area contributed by atoms with Crippen LogP contribution < -0.4 is 5.32 Å². The molecule has 1 atom stereocenters. The van der Waals surface area contributed by atoms with E-state index in [9.17, 15) is 0 Å². The molecule has 0 aliphatic heterocycles. The van der Waals surface area contributed by atoms with Crippen LogP contribution in [-0.2, 0) is 6.54 Å². The van der Waals surface area contributed by atoms with E-state index in [2.05, 4.69) is 17.2 Å². The molecule has 14 heavy (non-hydrogen) atoms. The highest BCUT2D eigenvalue weighted by atomic mass is 35.5. The molecule has 3 heteroatoms. The lowest BCUT2D eigenvalue weighted by Gasteiger charge is -2.08. The molecular weight excluding hydrogens is 196 g/mol. The van der Waals surface area contributed by atoms with E-state index in [1.165, 1.54) is 0 Å². The van der Waals surface area contributed by atoms with Crippen LogP contribution >= 0.6 is 11.6 Å². The molecule has 0 spiro atoms. The molecule has 0 aliphatic carbocycles. The first-order valence-electron chi connectivity index (χ1n) is 5.07. The van der Waals surface area contributed by atoms with Crippen molar-refractivity contribution in [2.45, 2.75) is 31.7 Å². The van der Waals surface area contributed by atoms with E-state index < -0.39 is 0 Å². The molecule has 0 bridgehead atoms. The maximum absolute atomic E-state index is 6.06. The quantitative estimate of drug-likeness (QED) is 0.734. The zero-order valence-electron chi connectivity index (χ0n) is 8.54. The SMILES string of the molecule is CCCC(Cl)CNCc1ccccn1. The highest BCUT2D eigenvalue weighted by Gasteiger charge is 2.01. The van der Waals surface area contributed by atoms with Crippen LogP contribution in [0.4, 0.5) is 0 Å². The number of rotatable bonds is 6. The van der Waals surface area contributed by atoms with Crippen LogP contribution in [-0.4, -0.2) is 16.9 Å². The predicted octanol–water partition coefficient (Wildman–Crippen LogP) is 2.58. The fourth-order valence-corrected chi connectivity index (χ4v) is 1.60. The summed E-state index contributed by atoms with van der Waals surface area (Å²) in [6.45, 7) is 3.80. The maximum Gasteiger partial charge on any atom is 0.0541 e. The Balaban J connectivity index is 2.16. The van der Waals surface area contributed by atoms with Gasteiger partial charge >= 0.3 is 0 Å². The molecule has 1 aromatic rings. The van der Waals surface area contributed by atoms with Gasteiger partial charge in [0.2, 0.25) is 0 Å². The summed E-state index contributed by atoms with van der Waals surface area (Å²) in [4.78, 5) is 4.22. The first kappa shape index (κ1) is 11.5. The zero-order valence-corrected chi connectivity index (χ0v) is 9.30. The van der Waals surface area contributed by atoms with Gasteiger partial charge in [0.15, 0.2) is 0 Å². The van der Waals surface area contributed by atoms with E-state index in [0.717, 1.165) is 31.6 Å². The van der Waals surface area contributed by atoms with Crippen LogP contribution in [0.1, 0.15) is 25.5 Å². The third kappa shape index (κ3) is 4.58. The summed E-state index contributed by atoms with van der Waals surface area (Å²) >= 11 is 6.06.